The number of hydrogen-bond donors (Lipinski definition) is 1. The summed E-state index contributed by atoms with van der Waals surface area (Å²) >= 11 is 0. The Morgan fingerprint density at radius 2 is 2.06 bits per heavy atom. The van der Waals surface area contributed by atoms with E-state index in [4.69, 9.17) is 4.74 Å². The van der Waals surface area contributed by atoms with Crippen LogP contribution in [0.4, 0.5) is 0 Å². The molecule has 1 aliphatic heterocycles. The van der Waals surface area contributed by atoms with E-state index >= 15 is 0 Å². The number of para-hydroxylation sites is 1. The van der Waals surface area contributed by atoms with Crippen LogP contribution >= 0.6 is 0 Å². The van der Waals surface area contributed by atoms with E-state index in [1.165, 1.54) is 5.56 Å². The second-order valence-electron chi connectivity index (χ2n) is 5.53. The van der Waals surface area contributed by atoms with E-state index in [2.05, 4.69) is 56.2 Å². The highest BCUT2D eigenvalue weighted by Crippen LogP contribution is 2.42. The number of hydrogen-bond acceptors (Lipinski definition) is 3. The zero-order valence-electron chi connectivity index (χ0n) is 11.9. The Morgan fingerprint density at radius 3 is 2.78 bits per heavy atom. The summed E-state index contributed by atoms with van der Waals surface area (Å²) in [5.41, 5.74) is 1.11. The van der Waals surface area contributed by atoms with Gasteiger partial charge in [-0.25, -0.2) is 0 Å². The molecule has 1 atom stereocenters. The molecule has 0 fully saturated rings. The Bertz CT molecular complexity index is 403. The van der Waals surface area contributed by atoms with Gasteiger partial charge < -0.3 is 15.0 Å². The molecule has 1 N–H and O–H groups in total. The molecule has 100 valence electrons. The molecule has 0 spiro atoms. The number of nitrogens with zero attached hydrogens (tertiary/aromatic N) is 1. The second-order valence-corrected chi connectivity index (χ2v) is 5.53. The van der Waals surface area contributed by atoms with Crippen LogP contribution in [0.1, 0.15) is 32.4 Å². The van der Waals surface area contributed by atoms with Gasteiger partial charge in [0.1, 0.15) is 11.4 Å². The molecule has 3 heteroatoms. The topological polar surface area (TPSA) is 24.5 Å². The lowest BCUT2D eigenvalue weighted by Crippen LogP contribution is -2.41. The molecule has 0 radical (unpaired) electrons. The zero-order chi connectivity index (χ0) is 13.2. The fourth-order valence-corrected chi connectivity index (χ4v) is 2.44. The van der Waals surface area contributed by atoms with Crippen molar-refractivity contribution >= 4 is 0 Å². The predicted octanol–water partition coefficient (Wildman–Crippen LogP) is 2.44. The largest absolute Gasteiger partial charge is 0.486 e. The van der Waals surface area contributed by atoms with Gasteiger partial charge in [-0.1, -0.05) is 25.1 Å². The molecule has 0 saturated heterocycles. The first-order valence-electron chi connectivity index (χ1n) is 6.74. The Balaban J connectivity index is 2.02. The number of nitrogens with one attached hydrogen (secondary N) is 1. The van der Waals surface area contributed by atoms with Crippen LogP contribution < -0.4 is 10.1 Å². The molecule has 0 aromatic heterocycles. The van der Waals surface area contributed by atoms with E-state index in [0.29, 0.717) is 0 Å². The van der Waals surface area contributed by atoms with Crippen molar-refractivity contribution in [1.82, 2.24) is 10.2 Å². The van der Waals surface area contributed by atoms with E-state index in [0.717, 1.165) is 25.4 Å². The van der Waals surface area contributed by atoms with Gasteiger partial charge in [-0.3, -0.25) is 0 Å². The number of ether oxygens (including phenoxy) is 1. The lowest BCUT2D eigenvalue weighted by atomic mass is 9.94. The van der Waals surface area contributed by atoms with E-state index in [-0.39, 0.29) is 11.6 Å². The van der Waals surface area contributed by atoms with Crippen LogP contribution in [-0.2, 0) is 0 Å². The summed E-state index contributed by atoms with van der Waals surface area (Å²) in [7, 11) is 2.14. The minimum atomic E-state index is -0.172. The lowest BCUT2D eigenvalue weighted by Gasteiger charge is -2.28. The van der Waals surface area contributed by atoms with Crippen molar-refractivity contribution in [2.24, 2.45) is 0 Å². The summed E-state index contributed by atoms with van der Waals surface area (Å²) in [4.78, 5) is 2.31. The highest BCUT2D eigenvalue weighted by molar-refractivity contribution is 5.42. The number of benzene rings is 1. The van der Waals surface area contributed by atoms with Gasteiger partial charge in [-0.2, -0.15) is 0 Å². The number of likely N-dealkylation sites (N-methyl/N-ethyl adjacent to an activating group) is 1. The van der Waals surface area contributed by atoms with Crippen LogP contribution in [-0.4, -0.2) is 37.2 Å². The molecule has 1 unspecified atom stereocenters. The first-order chi connectivity index (χ1) is 8.54. The third-order valence-electron chi connectivity index (χ3n) is 3.68. The second kappa shape index (κ2) is 5.29. The van der Waals surface area contributed by atoms with Crippen molar-refractivity contribution in [2.75, 3.05) is 26.7 Å². The first-order valence-corrected chi connectivity index (χ1v) is 6.74. The van der Waals surface area contributed by atoms with Gasteiger partial charge in [0.15, 0.2) is 0 Å². The summed E-state index contributed by atoms with van der Waals surface area (Å²) in [6, 6.07) is 8.60. The quantitative estimate of drug-likeness (QED) is 0.866. The fraction of sp³-hybridized carbons (Fsp3) is 0.600. The molecule has 0 bridgehead atoms. The van der Waals surface area contributed by atoms with Gasteiger partial charge >= 0.3 is 0 Å². The van der Waals surface area contributed by atoms with Crippen LogP contribution in [0.5, 0.6) is 5.75 Å². The predicted molar refractivity (Wildman–Crippen MR) is 75.1 cm³/mol. The maximum atomic E-state index is 6.01. The standard InChI is InChI=1S/C15H24N2O/c1-5-17(4)11-10-16-14-12-8-6-7-9-13(12)18-15(14,2)3/h6-9,14,16H,5,10-11H2,1-4H3. The summed E-state index contributed by atoms with van der Waals surface area (Å²) < 4.78 is 6.01. The molecule has 1 aromatic rings. The van der Waals surface area contributed by atoms with Crippen LogP contribution in [0.3, 0.4) is 0 Å². The van der Waals surface area contributed by atoms with Crippen LogP contribution in [0, 0.1) is 0 Å². The van der Waals surface area contributed by atoms with E-state index < -0.39 is 0 Å². The van der Waals surface area contributed by atoms with Crippen LogP contribution in [0.2, 0.25) is 0 Å². The van der Waals surface area contributed by atoms with Crippen molar-refractivity contribution in [3.63, 3.8) is 0 Å². The average molecular weight is 248 g/mol. The molecule has 18 heavy (non-hydrogen) atoms. The molecule has 1 aromatic carbocycles. The number of rotatable bonds is 5. The molecule has 3 nitrogen and oxygen atoms in total. The summed E-state index contributed by atoms with van der Waals surface area (Å²) in [5, 5.41) is 3.63. The van der Waals surface area contributed by atoms with E-state index in [1.807, 2.05) is 6.07 Å². The molecule has 0 saturated carbocycles. The zero-order valence-corrected chi connectivity index (χ0v) is 11.9. The summed E-state index contributed by atoms with van der Waals surface area (Å²) in [6.45, 7) is 9.60. The Morgan fingerprint density at radius 1 is 1.33 bits per heavy atom. The minimum absolute atomic E-state index is 0.172. The molecule has 0 aliphatic carbocycles. The Labute approximate surface area is 110 Å². The van der Waals surface area contributed by atoms with Crippen LogP contribution in [0.15, 0.2) is 24.3 Å². The molecule has 0 amide bonds. The number of fused-ring (bicyclic) bond motifs is 1. The van der Waals surface area contributed by atoms with Gasteiger partial charge in [-0.15, -0.1) is 0 Å². The maximum Gasteiger partial charge on any atom is 0.125 e. The van der Waals surface area contributed by atoms with Crippen molar-refractivity contribution in [1.29, 1.82) is 0 Å². The van der Waals surface area contributed by atoms with Gasteiger partial charge in [-0.05, 0) is 33.5 Å². The normalized spacial score (nSPS) is 20.8. The molecule has 1 aliphatic rings. The first kappa shape index (κ1) is 13.4. The SMILES string of the molecule is CCN(C)CCNC1c2ccccc2OC1(C)C. The van der Waals surface area contributed by atoms with Crippen molar-refractivity contribution in [3.05, 3.63) is 29.8 Å². The molecule has 2 rings (SSSR count). The van der Waals surface area contributed by atoms with Crippen LogP contribution in [0.25, 0.3) is 0 Å². The highest BCUT2D eigenvalue weighted by atomic mass is 16.5. The summed E-state index contributed by atoms with van der Waals surface area (Å²) in [6.07, 6.45) is 0. The smallest absolute Gasteiger partial charge is 0.125 e. The van der Waals surface area contributed by atoms with Gasteiger partial charge in [0, 0.05) is 18.7 Å². The van der Waals surface area contributed by atoms with Gasteiger partial charge in [0.05, 0.1) is 6.04 Å². The van der Waals surface area contributed by atoms with Gasteiger partial charge in [0.2, 0.25) is 0 Å². The molecule has 1 heterocycles. The van der Waals surface area contributed by atoms with E-state index in [1.54, 1.807) is 0 Å². The maximum absolute atomic E-state index is 6.01. The van der Waals surface area contributed by atoms with Crippen molar-refractivity contribution in [2.45, 2.75) is 32.4 Å². The van der Waals surface area contributed by atoms with Gasteiger partial charge in [0.25, 0.3) is 0 Å². The Kier molecular flexibility index (Phi) is 3.93. The van der Waals surface area contributed by atoms with Crippen molar-refractivity contribution < 1.29 is 4.74 Å². The average Bonchev–Trinajstić information content (AvgIpc) is 2.60. The Hall–Kier alpha value is -1.06. The van der Waals surface area contributed by atoms with E-state index in [9.17, 15) is 0 Å². The summed E-state index contributed by atoms with van der Waals surface area (Å²) in [5.74, 6) is 1.02. The fourth-order valence-electron chi connectivity index (χ4n) is 2.44. The molecular weight excluding hydrogens is 224 g/mol. The minimum Gasteiger partial charge on any atom is -0.486 e. The third kappa shape index (κ3) is 2.68. The third-order valence-corrected chi connectivity index (χ3v) is 3.68. The highest BCUT2D eigenvalue weighted by Gasteiger charge is 2.40. The molecular formula is C15H24N2O. The van der Waals surface area contributed by atoms with Crippen molar-refractivity contribution in [3.8, 4) is 5.75 Å². The monoisotopic (exact) mass is 248 g/mol. The lowest BCUT2D eigenvalue weighted by molar-refractivity contribution is 0.0954.